The Bertz CT molecular complexity index is 890. The first-order chi connectivity index (χ1) is 16.3. The minimum atomic E-state index is -0.261. The van der Waals surface area contributed by atoms with Gasteiger partial charge in [0.2, 0.25) is 11.8 Å². The van der Waals surface area contributed by atoms with E-state index in [4.69, 9.17) is 0 Å². The van der Waals surface area contributed by atoms with E-state index in [0.29, 0.717) is 24.8 Å². The van der Waals surface area contributed by atoms with Crippen molar-refractivity contribution in [2.75, 3.05) is 13.1 Å². The van der Waals surface area contributed by atoms with E-state index in [-0.39, 0.29) is 36.0 Å². The van der Waals surface area contributed by atoms with Gasteiger partial charge >= 0.3 is 0 Å². The molecule has 34 heavy (non-hydrogen) atoms. The second-order valence-electron chi connectivity index (χ2n) is 10.6. The summed E-state index contributed by atoms with van der Waals surface area (Å²) in [5.41, 5.74) is 4.51. The van der Waals surface area contributed by atoms with Crippen LogP contribution in [0, 0.1) is 23.7 Å². The van der Waals surface area contributed by atoms with Crippen molar-refractivity contribution < 1.29 is 9.59 Å². The van der Waals surface area contributed by atoms with Crippen LogP contribution in [0.1, 0.15) is 58.9 Å². The maximum Gasteiger partial charge on any atom is 0.230 e. The number of hydrazone groups is 1. The maximum absolute atomic E-state index is 13.6. The Hall–Kier alpha value is -2.22. The van der Waals surface area contributed by atoms with Gasteiger partial charge in [0, 0.05) is 30.8 Å². The van der Waals surface area contributed by atoms with Crippen molar-refractivity contribution in [3.63, 3.8) is 0 Å². The van der Waals surface area contributed by atoms with Gasteiger partial charge in [0.25, 0.3) is 0 Å². The fourth-order valence-electron chi connectivity index (χ4n) is 5.10. The van der Waals surface area contributed by atoms with Gasteiger partial charge in [0.05, 0.1) is 5.92 Å². The molecule has 1 saturated heterocycles. The molecule has 0 spiro atoms. The number of nitrogens with zero attached hydrogens (tertiary/aromatic N) is 3. The topological polar surface area (TPSA) is 77.0 Å². The Morgan fingerprint density at radius 3 is 2.65 bits per heavy atom. The summed E-state index contributed by atoms with van der Waals surface area (Å²) in [6.07, 6.45) is 2.91. The normalized spacial score (nSPS) is 26.3. The predicted octanol–water partition coefficient (Wildman–Crippen LogP) is 3.83. The lowest BCUT2D eigenvalue weighted by molar-refractivity contribution is -0.158. The van der Waals surface area contributed by atoms with Gasteiger partial charge in [0.1, 0.15) is 0 Å². The molecule has 0 radical (unpaired) electrons. The number of nitrogens with one attached hydrogen (secondary N) is 2. The first-order valence-electron chi connectivity index (χ1n) is 12.7. The number of carbonyl (C=O) groups excluding carboxylic acids is 2. The first kappa shape index (κ1) is 24.9. The molecule has 0 bridgehead atoms. The number of hydrogen-bond donors (Lipinski definition) is 2. The summed E-state index contributed by atoms with van der Waals surface area (Å²) in [5.74, 6) is 1.96. The standard InChI is InChI=1S/C26H39N5O2S/c1-17(2)12-13-30-24(33)21-11-10-20(23(32)27-15-18(3)4)14-22(21)31-25(30)28-29-26(31)34-16-19-8-6-5-7-9-19/h5-9,17-18,20-22,25,28H,10-16H2,1-4H3,(H,27,32). The average molecular weight is 486 g/mol. The van der Waals surface area contributed by atoms with Crippen molar-refractivity contribution in [3.8, 4) is 0 Å². The van der Waals surface area contributed by atoms with Gasteiger partial charge in [-0.3, -0.25) is 15.0 Å². The summed E-state index contributed by atoms with van der Waals surface area (Å²) in [4.78, 5) is 30.8. The van der Waals surface area contributed by atoms with Crippen LogP contribution in [0.25, 0.3) is 0 Å². The van der Waals surface area contributed by atoms with Gasteiger partial charge in [-0.25, -0.2) is 0 Å². The highest BCUT2D eigenvalue weighted by atomic mass is 32.2. The van der Waals surface area contributed by atoms with Crippen LogP contribution in [0.2, 0.25) is 0 Å². The SMILES string of the molecule is CC(C)CCN1C(=O)C2CCC(C(=O)NCC(C)C)CC2N2C(SCc3ccccc3)=NNC12. The van der Waals surface area contributed by atoms with Gasteiger partial charge in [-0.2, -0.15) is 5.10 Å². The van der Waals surface area contributed by atoms with Crippen molar-refractivity contribution in [2.24, 2.45) is 28.8 Å². The number of amidine groups is 1. The Labute approximate surface area is 208 Å². The number of rotatable bonds is 8. The highest BCUT2D eigenvalue weighted by molar-refractivity contribution is 8.13. The lowest BCUT2D eigenvalue weighted by atomic mass is 9.75. The van der Waals surface area contributed by atoms with Crippen molar-refractivity contribution in [2.45, 2.75) is 71.5 Å². The Balaban J connectivity index is 1.52. The molecule has 4 atom stereocenters. The van der Waals surface area contributed by atoms with Crippen molar-refractivity contribution >= 4 is 28.7 Å². The molecule has 2 aliphatic heterocycles. The molecular weight excluding hydrogens is 446 g/mol. The van der Waals surface area contributed by atoms with Crippen LogP contribution in [-0.4, -0.2) is 52.2 Å². The van der Waals surface area contributed by atoms with E-state index in [2.05, 4.69) is 72.7 Å². The zero-order chi connectivity index (χ0) is 24.2. The fourth-order valence-corrected chi connectivity index (χ4v) is 6.09. The molecule has 186 valence electrons. The van der Waals surface area contributed by atoms with Crippen LogP contribution in [-0.2, 0) is 15.3 Å². The number of thioether (sulfide) groups is 1. The number of amides is 2. The van der Waals surface area contributed by atoms with E-state index in [9.17, 15) is 9.59 Å². The summed E-state index contributed by atoms with van der Waals surface area (Å²) < 4.78 is 0. The van der Waals surface area contributed by atoms with Gasteiger partial charge in [-0.1, -0.05) is 69.8 Å². The van der Waals surface area contributed by atoms with E-state index in [1.807, 2.05) is 11.0 Å². The van der Waals surface area contributed by atoms with Crippen molar-refractivity contribution in [1.82, 2.24) is 20.5 Å². The summed E-state index contributed by atoms with van der Waals surface area (Å²) >= 11 is 1.70. The number of benzene rings is 1. The Morgan fingerprint density at radius 1 is 1.18 bits per heavy atom. The molecule has 2 amide bonds. The van der Waals surface area contributed by atoms with Gasteiger partial charge < -0.3 is 15.1 Å². The third-order valence-electron chi connectivity index (χ3n) is 7.04. The molecule has 1 aromatic carbocycles. The maximum atomic E-state index is 13.6. The smallest absolute Gasteiger partial charge is 0.230 e. The second-order valence-corrected chi connectivity index (χ2v) is 11.6. The van der Waals surface area contributed by atoms with Crippen LogP contribution in [0.15, 0.2) is 35.4 Å². The fraction of sp³-hybridized carbons (Fsp3) is 0.654. The van der Waals surface area contributed by atoms with Crippen LogP contribution < -0.4 is 10.7 Å². The molecule has 1 saturated carbocycles. The molecule has 3 aliphatic rings. The summed E-state index contributed by atoms with van der Waals surface area (Å²) in [6.45, 7) is 10.0. The molecule has 1 aromatic rings. The van der Waals surface area contributed by atoms with Crippen molar-refractivity contribution in [3.05, 3.63) is 35.9 Å². The predicted molar refractivity (Wildman–Crippen MR) is 138 cm³/mol. The number of carbonyl (C=O) groups is 2. The van der Waals surface area contributed by atoms with Crippen LogP contribution in [0.5, 0.6) is 0 Å². The van der Waals surface area contributed by atoms with E-state index in [1.165, 1.54) is 5.56 Å². The highest BCUT2D eigenvalue weighted by Gasteiger charge is 2.52. The van der Waals surface area contributed by atoms with Crippen LogP contribution in [0.4, 0.5) is 0 Å². The lowest BCUT2D eigenvalue weighted by Gasteiger charge is -2.51. The lowest BCUT2D eigenvalue weighted by Crippen LogP contribution is -2.68. The average Bonchev–Trinajstić information content (AvgIpc) is 3.25. The quantitative estimate of drug-likeness (QED) is 0.585. The molecular formula is C26H39N5O2S. The molecule has 2 N–H and O–H groups in total. The molecule has 2 fully saturated rings. The molecule has 4 rings (SSSR count). The highest BCUT2D eigenvalue weighted by Crippen LogP contribution is 2.41. The molecule has 8 heteroatoms. The van der Waals surface area contributed by atoms with Gasteiger partial charge in [-0.05, 0) is 43.1 Å². The minimum absolute atomic E-state index is 0.00614. The third-order valence-corrected chi connectivity index (χ3v) is 8.08. The van der Waals surface area contributed by atoms with E-state index < -0.39 is 0 Å². The molecule has 0 aromatic heterocycles. The largest absolute Gasteiger partial charge is 0.356 e. The molecule has 7 nitrogen and oxygen atoms in total. The van der Waals surface area contributed by atoms with Gasteiger partial charge in [-0.15, -0.1) is 0 Å². The zero-order valence-corrected chi connectivity index (χ0v) is 21.7. The molecule has 4 unspecified atom stereocenters. The summed E-state index contributed by atoms with van der Waals surface area (Å²) in [5, 5.41) is 8.73. The molecule has 2 heterocycles. The van der Waals surface area contributed by atoms with Crippen molar-refractivity contribution in [1.29, 1.82) is 0 Å². The Morgan fingerprint density at radius 2 is 1.94 bits per heavy atom. The van der Waals surface area contributed by atoms with E-state index in [1.54, 1.807) is 11.8 Å². The van der Waals surface area contributed by atoms with Crippen LogP contribution >= 0.6 is 11.8 Å². The van der Waals surface area contributed by atoms with E-state index >= 15 is 0 Å². The number of hydrogen-bond acceptors (Lipinski definition) is 6. The third kappa shape index (κ3) is 5.53. The monoisotopic (exact) mass is 485 g/mol. The zero-order valence-electron chi connectivity index (χ0n) is 20.9. The summed E-state index contributed by atoms with van der Waals surface area (Å²) in [6, 6.07) is 10.4. The van der Waals surface area contributed by atoms with Crippen LogP contribution in [0.3, 0.4) is 0 Å². The number of fused-ring (bicyclic) bond motifs is 3. The Kier molecular flexibility index (Phi) is 8.06. The van der Waals surface area contributed by atoms with E-state index in [0.717, 1.165) is 36.7 Å². The minimum Gasteiger partial charge on any atom is -0.356 e. The van der Waals surface area contributed by atoms with Gasteiger partial charge in [0.15, 0.2) is 11.5 Å². The summed E-state index contributed by atoms with van der Waals surface area (Å²) in [7, 11) is 0. The second kappa shape index (κ2) is 11.0. The first-order valence-corrected chi connectivity index (χ1v) is 13.7. The molecule has 1 aliphatic carbocycles.